The molecule has 0 saturated heterocycles. The van der Waals surface area contributed by atoms with Gasteiger partial charge in [0.1, 0.15) is 0 Å². The zero-order valence-corrected chi connectivity index (χ0v) is 13.4. The summed E-state index contributed by atoms with van der Waals surface area (Å²) in [5.41, 5.74) is 7.10. The fourth-order valence-corrected chi connectivity index (χ4v) is 3.05. The van der Waals surface area contributed by atoms with Crippen molar-refractivity contribution in [1.82, 2.24) is 5.32 Å². The molecule has 1 saturated carbocycles. The minimum absolute atomic E-state index is 0. The maximum Gasteiger partial charge on any atom is 0.231 e. The van der Waals surface area contributed by atoms with Crippen LogP contribution in [0, 0.1) is 5.92 Å². The van der Waals surface area contributed by atoms with Crippen molar-refractivity contribution in [2.75, 3.05) is 6.79 Å². The van der Waals surface area contributed by atoms with Crippen molar-refractivity contribution in [3.8, 4) is 11.5 Å². The van der Waals surface area contributed by atoms with Crippen molar-refractivity contribution < 1.29 is 14.3 Å². The predicted octanol–water partition coefficient (Wildman–Crippen LogP) is 2.36. The third-order valence-electron chi connectivity index (χ3n) is 4.34. The molecule has 5 nitrogen and oxygen atoms in total. The molecular weight excluding hydrogens is 304 g/mol. The Morgan fingerprint density at radius 2 is 2.00 bits per heavy atom. The Hall–Kier alpha value is -1.46. The zero-order valence-electron chi connectivity index (χ0n) is 12.5. The number of nitrogens with one attached hydrogen (secondary N) is 1. The molecule has 1 aromatic carbocycles. The summed E-state index contributed by atoms with van der Waals surface area (Å²) in [6, 6.07) is 5.91. The third kappa shape index (κ3) is 4.05. The Kier molecular flexibility index (Phi) is 5.91. The molecule has 2 unspecified atom stereocenters. The van der Waals surface area contributed by atoms with E-state index in [0.29, 0.717) is 18.9 Å². The second kappa shape index (κ2) is 7.70. The van der Waals surface area contributed by atoms with E-state index in [1.807, 2.05) is 18.2 Å². The number of hydrogen-bond donors (Lipinski definition) is 2. The summed E-state index contributed by atoms with van der Waals surface area (Å²) in [5.74, 6) is 1.92. The van der Waals surface area contributed by atoms with Crippen molar-refractivity contribution in [2.24, 2.45) is 11.7 Å². The van der Waals surface area contributed by atoms with E-state index in [-0.39, 0.29) is 31.1 Å². The second-order valence-corrected chi connectivity index (χ2v) is 5.88. The van der Waals surface area contributed by atoms with Crippen LogP contribution in [0.5, 0.6) is 11.5 Å². The minimum Gasteiger partial charge on any atom is -0.454 e. The van der Waals surface area contributed by atoms with Gasteiger partial charge in [0.15, 0.2) is 11.5 Å². The lowest BCUT2D eigenvalue weighted by atomic mass is 9.83. The number of rotatable bonds is 4. The molecule has 1 fully saturated rings. The molecule has 2 aliphatic rings. The van der Waals surface area contributed by atoms with E-state index in [9.17, 15) is 4.79 Å². The van der Waals surface area contributed by atoms with Crippen molar-refractivity contribution in [3.05, 3.63) is 23.8 Å². The molecule has 22 heavy (non-hydrogen) atoms. The third-order valence-corrected chi connectivity index (χ3v) is 4.34. The number of ether oxygens (including phenoxy) is 2. The Morgan fingerprint density at radius 1 is 1.23 bits per heavy atom. The maximum atomic E-state index is 12.0. The van der Waals surface area contributed by atoms with Crippen molar-refractivity contribution in [1.29, 1.82) is 0 Å². The van der Waals surface area contributed by atoms with Crippen molar-refractivity contribution in [2.45, 2.75) is 44.7 Å². The van der Waals surface area contributed by atoms with Gasteiger partial charge in [0.05, 0.1) is 0 Å². The van der Waals surface area contributed by atoms with Crippen LogP contribution < -0.4 is 20.5 Å². The summed E-state index contributed by atoms with van der Waals surface area (Å²) in [4.78, 5) is 12.0. The summed E-state index contributed by atoms with van der Waals surface area (Å²) in [7, 11) is 0. The Bertz CT molecular complexity index is 524. The highest BCUT2D eigenvalue weighted by Crippen LogP contribution is 2.32. The number of halogens is 1. The molecule has 0 spiro atoms. The van der Waals surface area contributed by atoms with Gasteiger partial charge < -0.3 is 20.5 Å². The summed E-state index contributed by atoms with van der Waals surface area (Å²) >= 11 is 0. The van der Waals surface area contributed by atoms with E-state index in [1.54, 1.807) is 0 Å². The molecule has 3 rings (SSSR count). The summed E-state index contributed by atoms with van der Waals surface area (Å²) in [5, 5.41) is 2.97. The van der Waals surface area contributed by atoms with Gasteiger partial charge in [-0.3, -0.25) is 4.79 Å². The lowest BCUT2D eigenvalue weighted by Crippen LogP contribution is -2.36. The highest BCUT2D eigenvalue weighted by Gasteiger charge is 2.24. The van der Waals surface area contributed by atoms with Crippen LogP contribution in [0.15, 0.2) is 18.2 Å². The first-order chi connectivity index (χ1) is 10.2. The van der Waals surface area contributed by atoms with E-state index in [0.717, 1.165) is 29.9 Å². The molecular formula is C16H23ClN2O3. The van der Waals surface area contributed by atoms with Gasteiger partial charge in [-0.2, -0.15) is 0 Å². The fourth-order valence-electron chi connectivity index (χ4n) is 3.05. The first kappa shape index (κ1) is 16.9. The normalized spacial score (nSPS) is 22.8. The highest BCUT2D eigenvalue weighted by atomic mass is 35.5. The number of benzene rings is 1. The van der Waals surface area contributed by atoms with Crippen molar-refractivity contribution >= 4 is 18.3 Å². The van der Waals surface area contributed by atoms with Crippen LogP contribution in [-0.2, 0) is 11.3 Å². The smallest absolute Gasteiger partial charge is 0.231 e. The zero-order chi connectivity index (χ0) is 14.7. The van der Waals surface area contributed by atoms with Crippen LogP contribution >= 0.6 is 12.4 Å². The second-order valence-electron chi connectivity index (χ2n) is 5.88. The molecule has 0 radical (unpaired) electrons. The SMILES string of the molecule is Cl.NC1CCCCC1CC(=O)NCc1ccc2c(c1)OCO2. The largest absolute Gasteiger partial charge is 0.454 e. The first-order valence-corrected chi connectivity index (χ1v) is 7.63. The number of nitrogens with two attached hydrogens (primary N) is 1. The number of hydrogen-bond acceptors (Lipinski definition) is 4. The van der Waals surface area contributed by atoms with Crippen LogP contribution in [-0.4, -0.2) is 18.7 Å². The Morgan fingerprint density at radius 3 is 2.82 bits per heavy atom. The average Bonchev–Trinajstić information content (AvgIpc) is 2.95. The lowest BCUT2D eigenvalue weighted by Gasteiger charge is -2.27. The van der Waals surface area contributed by atoms with Crippen LogP contribution in [0.4, 0.5) is 0 Å². The molecule has 0 bridgehead atoms. The molecule has 1 aromatic rings. The number of amides is 1. The van der Waals surface area contributed by atoms with Crippen LogP contribution in [0.1, 0.15) is 37.7 Å². The van der Waals surface area contributed by atoms with E-state index in [1.165, 1.54) is 12.8 Å². The standard InChI is InChI=1S/C16H22N2O3.ClH/c17-13-4-2-1-3-12(13)8-16(19)18-9-11-5-6-14-15(7-11)21-10-20-14;/h5-7,12-13H,1-4,8-10,17H2,(H,18,19);1H. The monoisotopic (exact) mass is 326 g/mol. The minimum atomic E-state index is 0. The maximum absolute atomic E-state index is 12.0. The fraction of sp³-hybridized carbons (Fsp3) is 0.562. The van der Waals surface area contributed by atoms with Crippen molar-refractivity contribution in [3.63, 3.8) is 0 Å². The number of carbonyl (C=O) groups excluding carboxylic acids is 1. The molecule has 1 amide bonds. The van der Waals surface area contributed by atoms with Gasteiger partial charge in [-0.25, -0.2) is 0 Å². The van der Waals surface area contributed by atoms with Gasteiger partial charge in [0.25, 0.3) is 0 Å². The molecule has 1 aliphatic carbocycles. The predicted molar refractivity (Wildman–Crippen MR) is 86.2 cm³/mol. The van der Waals surface area contributed by atoms with Gasteiger partial charge in [0.2, 0.25) is 12.7 Å². The van der Waals surface area contributed by atoms with Gasteiger partial charge in [-0.15, -0.1) is 12.4 Å². The van der Waals surface area contributed by atoms with E-state index in [4.69, 9.17) is 15.2 Å². The molecule has 0 aromatic heterocycles. The summed E-state index contributed by atoms with van der Waals surface area (Å²) in [6.07, 6.45) is 5.02. The van der Waals surface area contributed by atoms with Gasteiger partial charge >= 0.3 is 0 Å². The number of fused-ring (bicyclic) bond motifs is 1. The Labute approximate surface area is 137 Å². The molecule has 2 atom stereocenters. The molecule has 122 valence electrons. The molecule has 1 heterocycles. The first-order valence-electron chi connectivity index (χ1n) is 7.63. The van der Waals surface area contributed by atoms with E-state index >= 15 is 0 Å². The van der Waals surface area contributed by atoms with E-state index < -0.39 is 0 Å². The van der Waals surface area contributed by atoms with Gasteiger partial charge in [-0.1, -0.05) is 18.9 Å². The average molecular weight is 327 g/mol. The van der Waals surface area contributed by atoms with Gasteiger partial charge in [0, 0.05) is 19.0 Å². The molecule has 3 N–H and O–H groups in total. The quantitative estimate of drug-likeness (QED) is 0.890. The highest BCUT2D eigenvalue weighted by molar-refractivity contribution is 5.85. The van der Waals surface area contributed by atoms with Crippen LogP contribution in [0.2, 0.25) is 0 Å². The number of carbonyl (C=O) groups is 1. The van der Waals surface area contributed by atoms with Crippen LogP contribution in [0.3, 0.4) is 0 Å². The topological polar surface area (TPSA) is 73.6 Å². The molecule has 6 heteroatoms. The summed E-state index contributed by atoms with van der Waals surface area (Å²) in [6.45, 7) is 0.780. The van der Waals surface area contributed by atoms with Crippen LogP contribution in [0.25, 0.3) is 0 Å². The summed E-state index contributed by atoms with van der Waals surface area (Å²) < 4.78 is 10.6. The molecule has 1 aliphatic heterocycles. The lowest BCUT2D eigenvalue weighted by molar-refractivity contribution is -0.122. The van der Waals surface area contributed by atoms with Gasteiger partial charge in [-0.05, 0) is 36.5 Å². The van der Waals surface area contributed by atoms with E-state index in [2.05, 4.69) is 5.32 Å². The Balaban J connectivity index is 0.00000176.